The number of benzene rings is 1. The summed E-state index contributed by atoms with van der Waals surface area (Å²) in [5.41, 5.74) is 1.76. The lowest BCUT2D eigenvalue weighted by molar-refractivity contribution is -0.112. The second-order valence-electron chi connectivity index (χ2n) is 7.33. The zero-order valence-corrected chi connectivity index (χ0v) is 15.9. The highest BCUT2D eigenvalue weighted by atomic mass is 16.5. The van der Waals surface area contributed by atoms with Crippen LogP contribution in [0.4, 0.5) is 11.4 Å². The van der Waals surface area contributed by atoms with Crippen LogP contribution in [0.2, 0.25) is 0 Å². The molecule has 4 rings (SSSR count). The molecule has 2 heterocycles. The van der Waals surface area contributed by atoms with Crippen molar-refractivity contribution in [1.29, 1.82) is 5.26 Å². The largest absolute Gasteiger partial charge is 0.461 e. The number of ether oxygens (including phenoxy) is 1. The molecule has 0 spiro atoms. The highest BCUT2D eigenvalue weighted by Crippen LogP contribution is 2.47. The lowest BCUT2D eigenvalue weighted by Crippen LogP contribution is -2.36. The number of nitrogens with zero attached hydrogens (tertiary/aromatic N) is 2. The minimum absolute atomic E-state index is 0.0157. The van der Waals surface area contributed by atoms with Gasteiger partial charge in [-0.2, -0.15) is 5.26 Å². The van der Waals surface area contributed by atoms with Gasteiger partial charge in [0.25, 0.3) is 5.91 Å². The third kappa shape index (κ3) is 4.10. The van der Waals surface area contributed by atoms with Crippen LogP contribution in [0.3, 0.4) is 0 Å². The Morgan fingerprint density at radius 2 is 1.93 bits per heavy atom. The molecule has 0 bridgehead atoms. The number of nitriles is 1. The van der Waals surface area contributed by atoms with Crippen molar-refractivity contribution < 1.29 is 13.9 Å². The number of rotatable bonds is 5. The Hall–Kier alpha value is -3.04. The molecule has 1 aliphatic heterocycles. The maximum Gasteiger partial charge on any atom is 0.266 e. The molecule has 1 aromatic heterocycles. The normalized spacial score (nSPS) is 21.9. The molecule has 1 saturated carbocycles. The van der Waals surface area contributed by atoms with Crippen LogP contribution in [0.25, 0.3) is 6.08 Å². The van der Waals surface area contributed by atoms with E-state index in [2.05, 4.69) is 17.1 Å². The molecular formula is C22H23N3O3. The van der Waals surface area contributed by atoms with Gasteiger partial charge in [0, 0.05) is 36.5 Å². The fourth-order valence-electron chi connectivity index (χ4n) is 3.43. The lowest BCUT2D eigenvalue weighted by Gasteiger charge is -2.28. The standard InChI is InChI=1S/C22H23N3O3/c1-15-12-20(15)21-7-6-19(28-21)13-16(14-23)22(26)24-17-2-4-18(5-3-17)25-8-10-27-11-9-25/h2-7,13,15,20H,8-12H2,1H3,(H,24,26)/b16-13+/t15-,20-/m0/s1. The van der Waals surface area contributed by atoms with Gasteiger partial charge in [0.2, 0.25) is 0 Å². The van der Waals surface area contributed by atoms with Gasteiger partial charge in [0.15, 0.2) is 0 Å². The third-order valence-electron chi connectivity index (χ3n) is 5.28. The van der Waals surface area contributed by atoms with E-state index >= 15 is 0 Å². The molecule has 0 radical (unpaired) electrons. The van der Waals surface area contributed by atoms with Crippen LogP contribution in [0.5, 0.6) is 0 Å². The highest BCUT2D eigenvalue weighted by Gasteiger charge is 2.36. The maximum atomic E-state index is 12.5. The van der Waals surface area contributed by atoms with E-state index in [4.69, 9.17) is 9.15 Å². The summed E-state index contributed by atoms with van der Waals surface area (Å²) in [7, 11) is 0. The molecule has 2 aromatic rings. The van der Waals surface area contributed by atoms with E-state index < -0.39 is 5.91 Å². The maximum absolute atomic E-state index is 12.5. The molecule has 2 aliphatic rings. The first-order chi connectivity index (χ1) is 13.6. The van der Waals surface area contributed by atoms with E-state index in [1.54, 1.807) is 0 Å². The summed E-state index contributed by atoms with van der Waals surface area (Å²) in [4.78, 5) is 14.7. The monoisotopic (exact) mass is 377 g/mol. The molecule has 144 valence electrons. The number of hydrogen-bond donors (Lipinski definition) is 1. The van der Waals surface area contributed by atoms with Gasteiger partial charge in [-0.05, 0) is 48.7 Å². The highest BCUT2D eigenvalue weighted by molar-refractivity contribution is 6.09. The Balaban J connectivity index is 1.41. The number of anilines is 2. The summed E-state index contributed by atoms with van der Waals surface area (Å²) in [6.07, 6.45) is 2.62. The molecule has 1 aliphatic carbocycles. The Kier molecular flexibility index (Phi) is 5.18. The Labute approximate surface area is 164 Å². The third-order valence-corrected chi connectivity index (χ3v) is 5.28. The van der Waals surface area contributed by atoms with Crippen molar-refractivity contribution in [2.75, 3.05) is 36.5 Å². The van der Waals surface area contributed by atoms with Crippen molar-refractivity contribution in [3.63, 3.8) is 0 Å². The fraction of sp³-hybridized carbons (Fsp3) is 0.364. The second-order valence-corrected chi connectivity index (χ2v) is 7.33. The Morgan fingerprint density at radius 1 is 1.21 bits per heavy atom. The van der Waals surface area contributed by atoms with Gasteiger partial charge >= 0.3 is 0 Å². The van der Waals surface area contributed by atoms with Crippen molar-refractivity contribution in [3.8, 4) is 6.07 Å². The lowest BCUT2D eigenvalue weighted by atomic mass is 10.2. The van der Waals surface area contributed by atoms with E-state index in [9.17, 15) is 10.1 Å². The number of amides is 1. The zero-order valence-electron chi connectivity index (χ0n) is 15.9. The van der Waals surface area contributed by atoms with Crippen LogP contribution in [0.15, 0.2) is 46.4 Å². The van der Waals surface area contributed by atoms with E-state index in [1.807, 2.05) is 42.5 Å². The number of furan rings is 1. The summed E-state index contributed by atoms with van der Waals surface area (Å²) >= 11 is 0. The van der Waals surface area contributed by atoms with Gasteiger partial charge in [-0.25, -0.2) is 0 Å². The minimum Gasteiger partial charge on any atom is -0.461 e. The van der Waals surface area contributed by atoms with Crippen LogP contribution in [0, 0.1) is 17.2 Å². The van der Waals surface area contributed by atoms with E-state index in [-0.39, 0.29) is 5.57 Å². The molecule has 1 amide bonds. The van der Waals surface area contributed by atoms with Gasteiger partial charge in [-0.1, -0.05) is 6.92 Å². The van der Waals surface area contributed by atoms with Crippen LogP contribution < -0.4 is 10.2 Å². The average Bonchev–Trinajstić information content (AvgIpc) is 3.27. The Bertz CT molecular complexity index is 917. The van der Waals surface area contributed by atoms with Gasteiger partial charge in [0.1, 0.15) is 23.2 Å². The van der Waals surface area contributed by atoms with E-state index in [0.717, 1.165) is 44.2 Å². The Morgan fingerprint density at radius 3 is 2.57 bits per heavy atom. The SMILES string of the molecule is C[C@H]1C[C@@H]1c1ccc(/C=C(\C#N)C(=O)Nc2ccc(N3CCOCC3)cc2)o1. The van der Waals surface area contributed by atoms with Crippen LogP contribution in [-0.4, -0.2) is 32.2 Å². The fourth-order valence-corrected chi connectivity index (χ4v) is 3.43. The molecule has 2 atom stereocenters. The average molecular weight is 377 g/mol. The number of carbonyl (C=O) groups is 1. The first kappa shape index (κ1) is 18.3. The molecule has 28 heavy (non-hydrogen) atoms. The van der Waals surface area contributed by atoms with Crippen molar-refractivity contribution in [2.24, 2.45) is 5.92 Å². The molecule has 1 saturated heterocycles. The van der Waals surface area contributed by atoms with Crippen LogP contribution in [-0.2, 0) is 9.53 Å². The number of carbonyl (C=O) groups excluding carboxylic acids is 1. The molecule has 1 aromatic carbocycles. The molecule has 6 nitrogen and oxygen atoms in total. The topological polar surface area (TPSA) is 78.5 Å². The quantitative estimate of drug-likeness (QED) is 0.634. The second kappa shape index (κ2) is 7.91. The van der Waals surface area contributed by atoms with Crippen molar-refractivity contribution in [3.05, 3.63) is 53.5 Å². The van der Waals surface area contributed by atoms with Crippen LogP contribution in [0.1, 0.15) is 30.8 Å². The van der Waals surface area contributed by atoms with Gasteiger partial charge in [-0.15, -0.1) is 0 Å². The predicted molar refractivity (Wildman–Crippen MR) is 107 cm³/mol. The number of nitrogens with one attached hydrogen (secondary N) is 1. The van der Waals surface area contributed by atoms with Crippen molar-refractivity contribution in [1.82, 2.24) is 0 Å². The van der Waals surface area contributed by atoms with Crippen molar-refractivity contribution >= 4 is 23.4 Å². The summed E-state index contributed by atoms with van der Waals surface area (Å²) in [5.74, 6) is 2.12. The number of morpholine rings is 1. The van der Waals surface area contributed by atoms with Gasteiger partial charge < -0.3 is 19.4 Å². The zero-order chi connectivity index (χ0) is 19.5. The molecular weight excluding hydrogens is 354 g/mol. The summed E-state index contributed by atoms with van der Waals surface area (Å²) < 4.78 is 11.1. The summed E-state index contributed by atoms with van der Waals surface area (Å²) in [6, 6.07) is 13.3. The first-order valence-corrected chi connectivity index (χ1v) is 9.59. The van der Waals surface area contributed by atoms with Gasteiger partial charge in [0.05, 0.1) is 13.2 Å². The minimum atomic E-state index is -0.445. The smallest absolute Gasteiger partial charge is 0.266 e. The molecule has 0 unspecified atom stereocenters. The number of hydrogen-bond acceptors (Lipinski definition) is 5. The van der Waals surface area contributed by atoms with Crippen LogP contribution >= 0.6 is 0 Å². The molecule has 2 fully saturated rings. The first-order valence-electron chi connectivity index (χ1n) is 9.59. The summed E-state index contributed by atoms with van der Waals surface area (Å²) in [6.45, 7) is 5.35. The van der Waals surface area contributed by atoms with E-state index in [0.29, 0.717) is 23.3 Å². The van der Waals surface area contributed by atoms with E-state index in [1.165, 1.54) is 6.08 Å². The molecule has 1 N–H and O–H groups in total. The van der Waals surface area contributed by atoms with Crippen molar-refractivity contribution in [2.45, 2.75) is 19.3 Å². The van der Waals surface area contributed by atoms with Gasteiger partial charge in [-0.3, -0.25) is 4.79 Å². The molecule has 6 heteroatoms. The summed E-state index contributed by atoms with van der Waals surface area (Å²) in [5, 5.41) is 12.2. The predicted octanol–water partition coefficient (Wildman–Crippen LogP) is 3.79.